The maximum atomic E-state index is 13.2. The highest BCUT2D eigenvalue weighted by Gasteiger charge is 2.14. The first kappa shape index (κ1) is 13.5. The predicted molar refractivity (Wildman–Crippen MR) is 88.1 cm³/mol. The molecule has 112 valence electrons. The largest absolute Gasteiger partial charge is 0.506 e. The summed E-state index contributed by atoms with van der Waals surface area (Å²) < 4.78 is 14.9. The molecular weight excluding hydrogens is 291 g/mol. The summed E-state index contributed by atoms with van der Waals surface area (Å²) in [6.07, 6.45) is 0. The molecule has 23 heavy (non-hydrogen) atoms. The van der Waals surface area contributed by atoms with Crippen molar-refractivity contribution in [3.8, 4) is 22.7 Å². The van der Waals surface area contributed by atoms with Crippen molar-refractivity contribution in [1.29, 1.82) is 0 Å². The Hall–Kier alpha value is -3.14. The van der Waals surface area contributed by atoms with Gasteiger partial charge < -0.3 is 5.11 Å². The molecule has 0 fully saturated rings. The number of fused-ring (bicyclic) bond motifs is 1. The number of para-hydroxylation sites is 3. The lowest BCUT2D eigenvalue weighted by Gasteiger charge is -2.05. The molecule has 0 amide bonds. The molecule has 4 rings (SSSR count). The zero-order valence-corrected chi connectivity index (χ0v) is 12.1. The van der Waals surface area contributed by atoms with Crippen LogP contribution in [0.4, 0.5) is 4.39 Å². The molecule has 4 aromatic rings. The topological polar surface area (TPSA) is 38.0 Å². The van der Waals surface area contributed by atoms with Crippen LogP contribution in [-0.2, 0) is 0 Å². The van der Waals surface area contributed by atoms with Crippen LogP contribution in [0.15, 0.2) is 72.8 Å². The van der Waals surface area contributed by atoms with Gasteiger partial charge in [0.15, 0.2) is 0 Å². The van der Waals surface area contributed by atoms with Crippen molar-refractivity contribution in [1.82, 2.24) is 9.78 Å². The van der Waals surface area contributed by atoms with Gasteiger partial charge in [-0.15, -0.1) is 0 Å². The second-order valence-electron chi connectivity index (χ2n) is 5.27. The number of benzene rings is 3. The van der Waals surface area contributed by atoms with E-state index in [-0.39, 0.29) is 11.6 Å². The van der Waals surface area contributed by atoms with E-state index in [4.69, 9.17) is 0 Å². The normalized spacial score (nSPS) is 11.0. The van der Waals surface area contributed by atoms with E-state index in [1.165, 1.54) is 12.1 Å². The molecule has 0 spiro atoms. The van der Waals surface area contributed by atoms with Crippen LogP contribution in [0, 0.1) is 5.82 Å². The fourth-order valence-electron chi connectivity index (χ4n) is 2.71. The van der Waals surface area contributed by atoms with Gasteiger partial charge in [0, 0.05) is 10.9 Å². The third kappa shape index (κ3) is 2.25. The van der Waals surface area contributed by atoms with Crippen LogP contribution >= 0.6 is 0 Å². The van der Waals surface area contributed by atoms with Crippen LogP contribution in [0.25, 0.3) is 27.8 Å². The van der Waals surface area contributed by atoms with Gasteiger partial charge in [-0.25, -0.2) is 9.07 Å². The van der Waals surface area contributed by atoms with Crippen molar-refractivity contribution in [3.05, 3.63) is 78.6 Å². The Bertz CT molecular complexity index is 990. The summed E-state index contributed by atoms with van der Waals surface area (Å²) in [6.45, 7) is 0. The Labute approximate surface area is 132 Å². The lowest BCUT2D eigenvalue weighted by Crippen LogP contribution is -1.96. The zero-order chi connectivity index (χ0) is 15.8. The van der Waals surface area contributed by atoms with E-state index in [0.29, 0.717) is 5.69 Å². The van der Waals surface area contributed by atoms with Crippen LogP contribution in [0.3, 0.4) is 0 Å². The van der Waals surface area contributed by atoms with Crippen LogP contribution < -0.4 is 0 Å². The lowest BCUT2D eigenvalue weighted by molar-refractivity contribution is 0.471. The fraction of sp³-hybridized carbons (Fsp3) is 0. The summed E-state index contributed by atoms with van der Waals surface area (Å²) in [6, 6.07) is 21.1. The molecule has 1 aromatic heterocycles. The van der Waals surface area contributed by atoms with Crippen molar-refractivity contribution in [2.24, 2.45) is 0 Å². The van der Waals surface area contributed by atoms with E-state index in [1.807, 2.05) is 36.4 Å². The number of hydrogen-bond acceptors (Lipinski definition) is 2. The van der Waals surface area contributed by atoms with E-state index in [9.17, 15) is 9.50 Å². The van der Waals surface area contributed by atoms with Gasteiger partial charge in [-0.05, 0) is 42.5 Å². The Kier molecular flexibility index (Phi) is 3.08. The average Bonchev–Trinajstić information content (AvgIpc) is 2.96. The first-order chi connectivity index (χ1) is 11.2. The van der Waals surface area contributed by atoms with Crippen molar-refractivity contribution < 1.29 is 9.50 Å². The van der Waals surface area contributed by atoms with Gasteiger partial charge in [-0.1, -0.05) is 30.3 Å². The SMILES string of the molecule is Oc1ccccc1-n1nc(-c2ccc(F)cc2)c2ccccc21. The summed E-state index contributed by atoms with van der Waals surface area (Å²) in [5.41, 5.74) is 3.08. The van der Waals surface area contributed by atoms with Crippen LogP contribution in [-0.4, -0.2) is 14.9 Å². The molecule has 0 unspecified atom stereocenters. The van der Waals surface area contributed by atoms with E-state index in [2.05, 4.69) is 5.10 Å². The van der Waals surface area contributed by atoms with Gasteiger partial charge in [-0.2, -0.15) is 5.10 Å². The Morgan fingerprint density at radius 3 is 2.30 bits per heavy atom. The standard InChI is InChI=1S/C19H13FN2O/c20-14-11-9-13(10-12-14)19-15-5-1-2-6-16(15)22(21-19)17-7-3-4-8-18(17)23/h1-12,23H. The Balaban J connectivity index is 2.01. The van der Waals surface area contributed by atoms with Gasteiger partial charge in [0.2, 0.25) is 0 Å². The van der Waals surface area contributed by atoms with Crippen molar-refractivity contribution >= 4 is 10.9 Å². The highest BCUT2D eigenvalue weighted by molar-refractivity contribution is 5.94. The Morgan fingerprint density at radius 2 is 1.52 bits per heavy atom. The quantitative estimate of drug-likeness (QED) is 0.590. The maximum absolute atomic E-state index is 13.2. The zero-order valence-electron chi connectivity index (χ0n) is 12.1. The molecular formula is C19H13FN2O. The molecule has 1 N–H and O–H groups in total. The minimum atomic E-state index is -0.279. The minimum Gasteiger partial charge on any atom is -0.506 e. The first-order valence-corrected chi connectivity index (χ1v) is 7.26. The number of nitrogens with zero attached hydrogens (tertiary/aromatic N) is 2. The highest BCUT2D eigenvalue weighted by Crippen LogP contribution is 2.32. The van der Waals surface area contributed by atoms with E-state index < -0.39 is 0 Å². The number of hydrogen-bond donors (Lipinski definition) is 1. The molecule has 4 heteroatoms. The summed E-state index contributed by atoms with van der Waals surface area (Å²) in [5.74, 6) is -0.121. The van der Waals surface area contributed by atoms with Gasteiger partial charge in [0.25, 0.3) is 0 Å². The molecule has 0 aliphatic carbocycles. The molecule has 3 nitrogen and oxygen atoms in total. The molecule has 0 saturated carbocycles. The minimum absolute atomic E-state index is 0.159. The molecule has 0 saturated heterocycles. The van der Waals surface area contributed by atoms with Crippen LogP contribution in [0.1, 0.15) is 0 Å². The third-order valence-corrected chi connectivity index (χ3v) is 3.81. The Morgan fingerprint density at radius 1 is 0.826 bits per heavy atom. The van der Waals surface area contributed by atoms with Crippen LogP contribution in [0.2, 0.25) is 0 Å². The summed E-state index contributed by atoms with van der Waals surface area (Å²) in [4.78, 5) is 0. The second kappa shape index (κ2) is 5.25. The maximum Gasteiger partial charge on any atom is 0.141 e. The first-order valence-electron chi connectivity index (χ1n) is 7.26. The number of aromatic nitrogens is 2. The molecule has 3 aromatic carbocycles. The van der Waals surface area contributed by atoms with Gasteiger partial charge in [0.05, 0.1) is 5.52 Å². The van der Waals surface area contributed by atoms with Crippen molar-refractivity contribution in [2.45, 2.75) is 0 Å². The number of aromatic hydroxyl groups is 1. The van der Waals surface area contributed by atoms with Gasteiger partial charge in [-0.3, -0.25) is 0 Å². The fourth-order valence-corrected chi connectivity index (χ4v) is 2.71. The van der Waals surface area contributed by atoms with Crippen molar-refractivity contribution in [3.63, 3.8) is 0 Å². The summed E-state index contributed by atoms with van der Waals surface area (Å²) in [5, 5.41) is 15.7. The molecule has 1 heterocycles. The third-order valence-electron chi connectivity index (χ3n) is 3.81. The monoisotopic (exact) mass is 304 g/mol. The molecule has 0 aliphatic rings. The number of halogens is 1. The highest BCUT2D eigenvalue weighted by atomic mass is 19.1. The second-order valence-corrected chi connectivity index (χ2v) is 5.27. The summed E-state index contributed by atoms with van der Waals surface area (Å²) in [7, 11) is 0. The van der Waals surface area contributed by atoms with Crippen molar-refractivity contribution in [2.75, 3.05) is 0 Å². The predicted octanol–water partition coefficient (Wildman–Crippen LogP) is 4.54. The van der Waals surface area contributed by atoms with Gasteiger partial charge in [0.1, 0.15) is 22.9 Å². The summed E-state index contributed by atoms with van der Waals surface area (Å²) >= 11 is 0. The van der Waals surface area contributed by atoms with E-state index in [1.54, 1.807) is 28.9 Å². The van der Waals surface area contributed by atoms with Gasteiger partial charge >= 0.3 is 0 Å². The average molecular weight is 304 g/mol. The van der Waals surface area contributed by atoms with Crippen LogP contribution in [0.5, 0.6) is 5.75 Å². The molecule has 0 atom stereocenters. The lowest BCUT2D eigenvalue weighted by atomic mass is 10.1. The molecule has 0 radical (unpaired) electrons. The number of phenolic OH excluding ortho intramolecular Hbond substituents is 1. The smallest absolute Gasteiger partial charge is 0.141 e. The number of rotatable bonds is 2. The molecule has 0 aliphatic heterocycles. The van der Waals surface area contributed by atoms with E-state index >= 15 is 0 Å². The molecule has 0 bridgehead atoms. The number of phenols is 1. The van der Waals surface area contributed by atoms with E-state index in [0.717, 1.165) is 22.2 Å².